The van der Waals surface area contributed by atoms with Crippen LogP contribution in [0.4, 0.5) is 5.69 Å². The number of rotatable bonds is 4. The molecule has 2 rings (SSSR count). The van der Waals surface area contributed by atoms with Gasteiger partial charge in [0.05, 0.1) is 0 Å². The fourth-order valence-corrected chi connectivity index (χ4v) is 2.84. The molecule has 1 aromatic rings. The van der Waals surface area contributed by atoms with E-state index in [1.54, 1.807) is 0 Å². The van der Waals surface area contributed by atoms with Gasteiger partial charge < -0.3 is 10.6 Å². The molecule has 1 aromatic carbocycles. The van der Waals surface area contributed by atoms with Crippen LogP contribution in [-0.4, -0.2) is 18.5 Å². The van der Waals surface area contributed by atoms with Crippen LogP contribution in [0.5, 0.6) is 0 Å². The Morgan fingerprint density at radius 3 is 2.37 bits per heavy atom. The van der Waals surface area contributed by atoms with Crippen molar-refractivity contribution in [3.05, 3.63) is 29.8 Å². The van der Waals surface area contributed by atoms with Crippen molar-refractivity contribution < 1.29 is 0 Å². The standard InChI is InChI=1S/C15H24N2.2ClH/c1-17(11-13-7-3-2-4-8-13)12-14-9-5-6-10-15(14)16;;/h5-6,9-10,13H,2-4,7-8,11-12,16H2,1H3;2*1H. The van der Waals surface area contributed by atoms with Gasteiger partial charge in [-0.2, -0.15) is 0 Å². The van der Waals surface area contributed by atoms with Crippen LogP contribution in [0.15, 0.2) is 24.3 Å². The molecule has 1 aliphatic rings. The Hall–Kier alpha value is -0.440. The smallest absolute Gasteiger partial charge is 0.0359 e. The van der Waals surface area contributed by atoms with Crippen LogP contribution in [0.25, 0.3) is 0 Å². The van der Waals surface area contributed by atoms with Gasteiger partial charge in [-0.3, -0.25) is 0 Å². The minimum absolute atomic E-state index is 0. The highest BCUT2D eigenvalue weighted by Crippen LogP contribution is 2.24. The summed E-state index contributed by atoms with van der Waals surface area (Å²) in [6.45, 7) is 2.19. The fraction of sp³-hybridized carbons (Fsp3) is 0.600. The second kappa shape index (κ2) is 9.46. The average molecular weight is 305 g/mol. The summed E-state index contributed by atoms with van der Waals surface area (Å²) < 4.78 is 0. The molecular weight excluding hydrogens is 279 g/mol. The highest BCUT2D eigenvalue weighted by Gasteiger charge is 2.15. The number of nitrogens with zero attached hydrogens (tertiary/aromatic N) is 1. The monoisotopic (exact) mass is 304 g/mol. The Kier molecular flexibility index (Phi) is 9.24. The summed E-state index contributed by atoms with van der Waals surface area (Å²) in [5, 5.41) is 0. The molecular formula is C15H26Cl2N2. The number of nitrogens with two attached hydrogens (primary N) is 1. The summed E-state index contributed by atoms with van der Waals surface area (Å²) in [6, 6.07) is 8.19. The molecule has 0 spiro atoms. The molecule has 0 unspecified atom stereocenters. The molecule has 2 nitrogen and oxygen atoms in total. The van der Waals surface area contributed by atoms with Crippen molar-refractivity contribution in [1.82, 2.24) is 4.90 Å². The Labute approximate surface area is 129 Å². The van der Waals surface area contributed by atoms with E-state index in [9.17, 15) is 0 Å². The van der Waals surface area contributed by atoms with Gasteiger partial charge in [0.15, 0.2) is 0 Å². The van der Waals surface area contributed by atoms with Crippen LogP contribution in [0.1, 0.15) is 37.7 Å². The SMILES string of the molecule is CN(Cc1ccccc1N)CC1CCCCC1.Cl.Cl. The van der Waals surface area contributed by atoms with Crippen LogP contribution >= 0.6 is 24.8 Å². The molecule has 1 saturated carbocycles. The van der Waals surface area contributed by atoms with Gasteiger partial charge in [0.2, 0.25) is 0 Å². The Bertz CT molecular complexity index is 352. The van der Waals surface area contributed by atoms with E-state index in [1.165, 1.54) is 44.2 Å². The largest absolute Gasteiger partial charge is 0.398 e. The van der Waals surface area contributed by atoms with Crippen molar-refractivity contribution in [3.8, 4) is 0 Å². The minimum Gasteiger partial charge on any atom is -0.398 e. The predicted molar refractivity (Wildman–Crippen MR) is 88.3 cm³/mol. The third-order valence-electron chi connectivity index (χ3n) is 3.79. The molecule has 1 fully saturated rings. The molecule has 110 valence electrons. The van der Waals surface area contributed by atoms with Gasteiger partial charge in [-0.15, -0.1) is 24.8 Å². The zero-order valence-corrected chi connectivity index (χ0v) is 13.3. The van der Waals surface area contributed by atoms with E-state index < -0.39 is 0 Å². The van der Waals surface area contributed by atoms with Crippen LogP contribution in [0, 0.1) is 5.92 Å². The van der Waals surface area contributed by atoms with E-state index in [-0.39, 0.29) is 24.8 Å². The molecule has 2 N–H and O–H groups in total. The van der Waals surface area contributed by atoms with Gasteiger partial charge in [-0.1, -0.05) is 37.5 Å². The van der Waals surface area contributed by atoms with Gasteiger partial charge in [0, 0.05) is 18.8 Å². The molecule has 19 heavy (non-hydrogen) atoms. The van der Waals surface area contributed by atoms with Crippen LogP contribution < -0.4 is 5.73 Å². The number of hydrogen-bond acceptors (Lipinski definition) is 2. The average Bonchev–Trinajstić information content (AvgIpc) is 2.33. The van der Waals surface area contributed by atoms with Gasteiger partial charge in [0.25, 0.3) is 0 Å². The third kappa shape index (κ3) is 6.03. The van der Waals surface area contributed by atoms with E-state index in [1.807, 2.05) is 12.1 Å². The lowest BCUT2D eigenvalue weighted by Crippen LogP contribution is -2.27. The van der Waals surface area contributed by atoms with Crippen molar-refractivity contribution in [2.24, 2.45) is 5.92 Å². The normalized spacial score (nSPS) is 15.7. The van der Waals surface area contributed by atoms with Gasteiger partial charge in [0.1, 0.15) is 0 Å². The summed E-state index contributed by atoms with van der Waals surface area (Å²) in [7, 11) is 2.21. The maximum atomic E-state index is 5.98. The van der Waals surface area contributed by atoms with Crippen molar-refractivity contribution in [1.29, 1.82) is 0 Å². The fourth-order valence-electron chi connectivity index (χ4n) is 2.84. The molecule has 0 atom stereocenters. The number of nitrogen functional groups attached to an aromatic ring is 1. The zero-order valence-electron chi connectivity index (χ0n) is 11.7. The van der Waals surface area contributed by atoms with Gasteiger partial charge >= 0.3 is 0 Å². The quantitative estimate of drug-likeness (QED) is 0.848. The van der Waals surface area contributed by atoms with Crippen molar-refractivity contribution >= 4 is 30.5 Å². The lowest BCUT2D eigenvalue weighted by Gasteiger charge is -2.27. The Morgan fingerprint density at radius 1 is 1.11 bits per heavy atom. The summed E-state index contributed by atoms with van der Waals surface area (Å²) in [5.41, 5.74) is 8.15. The van der Waals surface area contributed by atoms with Crippen molar-refractivity contribution in [2.75, 3.05) is 19.3 Å². The number of para-hydroxylation sites is 1. The second-order valence-corrected chi connectivity index (χ2v) is 5.40. The zero-order chi connectivity index (χ0) is 12.1. The number of halogens is 2. The minimum atomic E-state index is 0. The molecule has 0 amide bonds. The summed E-state index contributed by atoms with van der Waals surface area (Å²) >= 11 is 0. The lowest BCUT2D eigenvalue weighted by molar-refractivity contribution is 0.228. The first-order valence-corrected chi connectivity index (χ1v) is 6.77. The highest BCUT2D eigenvalue weighted by atomic mass is 35.5. The number of anilines is 1. The molecule has 0 radical (unpaired) electrons. The van der Waals surface area contributed by atoms with Crippen molar-refractivity contribution in [2.45, 2.75) is 38.6 Å². The topological polar surface area (TPSA) is 29.3 Å². The number of hydrogen-bond donors (Lipinski definition) is 1. The first-order chi connectivity index (χ1) is 8.25. The van der Waals surface area contributed by atoms with E-state index in [0.717, 1.165) is 18.2 Å². The molecule has 0 bridgehead atoms. The van der Waals surface area contributed by atoms with E-state index in [0.29, 0.717) is 0 Å². The van der Waals surface area contributed by atoms with Crippen LogP contribution in [0.3, 0.4) is 0 Å². The lowest BCUT2D eigenvalue weighted by atomic mass is 9.89. The first-order valence-electron chi connectivity index (χ1n) is 6.77. The molecule has 4 heteroatoms. The predicted octanol–water partition coefficient (Wildman–Crippen LogP) is 4.12. The van der Waals surface area contributed by atoms with Crippen LogP contribution in [-0.2, 0) is 6.54 Å². The Morgan fingerprint density at radius 2 is 1.74 bits per heavy atom. The maximum Gasteiger partial charge on any atom is 0.0359 e. The maximum absolute atomic E-state index is 5.98. The van der Waals surface area contributed by atoms with Crippen molar-refractivity contribution in [3.63, 3.8) is 0 Å². The highest BCUT2D eigenvalue weighted by molar-refractivity contribution is 5.85. The summed E-state index contributed by atoms with van der Waals surface area (Å²) in [6.07, 6.45) is 7.10. The Balaban J connectivity index is 0.00000162. The molecule has 0 aliphatic heterocycles. The summed E-state index contributed by atoms with van der Waals surface area (Å²) in [5.74, 6) is 0.902. The van der Waals surface area contributed by atoms with E-state index in [2.05, 4.69) is 24.1 Å². The second-order valence-electron chi connectivity index (χ2n) is 5.40. The van der Waals surface area contributed by atoms with Gasteiger partial charge in [-0.25, -0.2) is 0 Å². The number of benzene rings is 1. The molecule has 1 aliphatic carbocycles. The molecule has 0 heterocycles. The summed E-state index contributed by atoms with van der Waals surface area (Å²) in [4.78, 5) is 2.42. The van der Waals surface area contributed by atoms with E-state index in [4.69, 9.17) is 5.73 Å². The first kappa shape index (κ1) is 18.6. The van der Waals surface area contributed by atoms with Gasteiger partial charge in [-0.05, 0) is 37.4 Å². The molecule has 0 aromatic heterocycles. The third-order valence-corrected chi connectivity index (χ3v) is 3.79. The molecule has 0 saturated heterocycles. The van der Waals surface area contributed by atoms with E-state index >= 15 is 0 Å². The van der Waals surface area contributed by atoms with Crippen LogP contribution in [0.2, 0.25) is 0 Å².